The summed E-state index contributed by atoms with van der Waals surface area (Å²) < 4.78 is 15.6. The summed E-state index contributed by atoms with van der Waals surface area (Å²) in [6, 6.07) is 8.53. The van der Waals surface area contributed by atoms with Crippen LogP contribution in [0.3, 0.4) is 0 Å². The smallest absolute Gasteiger partial charge is 0.129 e. The molecule has 1 fully saturated rings. The van der Waals surface area contributed by atoms with E-state index >= 15 is 0 Å². The summed E-state index contributed by atoms with van der Waals surface area (Å²) in [4.78, 5) is 2.21. The minimum atomic E-state index is -0.769. The van der Waals surface area contributed by atoms with E-state index in [4.69, 9.17) is 0 Å². The summed E-state index contributed by atoms with van der Waals surface area (Å²) in [5.74, 6) is 0.189. The molecule has 118 valence electrons. The van der Waals surface area contributed by atoms with Gasteiger partial charge in [-0.1, -0.05) is 18.2 Å². The Labute approximate surface area is 130 Å². The van der Waals surface area contributed by atoms with Crippen LogP contribution in [-0.4, -0.2) is 39.4 Å². The number of likely N-dealkylation sites (tertiary alicyclic amines) is 1. The Bertz CT molecular complexity index is 620. The maximum absolute atomic E-state index is 13.7. The number of benzene rings is 1. The van der Waals surface area contributed by atoms with Crippen LogP contribution >= 0.6 is 0 Å². The van der Waals surface area contributed by atoms with E-state index in [1.807, 2.05) is 17.9 Å². The molecule has 1 aromatic heterocycles. The Morgan fingerprint density at radius 3 is 2.64 bits per heavy atom. The maximum Gasteiger partial charge on any atom is 0.129 e. The van der Waals surface area contributed by atoms with Gasteiger partial charge in [0.25, 0.3) is 0 Å². The Morgan fingerprint density at radius 2 is 2.00 bits per heavy atom. The van der Waals surface area contributed by atoms with E-state index in [-0.39, 0.29) is 5.82 Å². The van der Waals surface area contributed by atoms with Crippen LogP contribution in [0, 0.1) is 5.82 Å². The molecule has 0 saturated carbocycles. The Morgan fingerprint density at radius 1 is 1.27 bits per heavy atom. The van der Waals surface area contributed by atoms with Crippen molar-refractivity contribution in [3.8, 4) is 0 Å². The third kappa shape index (κ3) is 3.20. The highest BCUT2D eigenvalue weighted by atomic mass is 19.1. The van der Waals surface area contributed by atoms with E-state index in [9.17, 15) is 9.50 Å². The number of aliphatic hydroxyl groups excluding tert-OH is 1. The van der Waals surface area contributed by atoms with Crippen LogP contribution in [0.4, 0.5) is 4.39 Å². The molecule has 2 heterocycles. The number of aryl methyl sites for hydroxylation is 1. The van der Waals surface area contributed by atoms with Crippen LogP contribution < -0.4 is 0 Å². The number of nitrogens with zero attached hydrogens (tertiary/aromatic N) is 3. The van der Waals surface area contributed by atoms with Crippen LogP contribution in [0.1, 0.15) is 36.1 Å². The summed E-state index contributed by atoms with van der Waals surface area (Å²) in [5, 5.41) is 14.5. The third-order valence-electron chi connectivity index (χ3n) is 4.56. The number of hydrogen-bond donors (Lipinski definition) is 1. The van der Waals surface area contributed by atoms with Crippen LogP contribution in [0.2, 0.25) is 0 Å². The fourth-order valence-electron chi connectivity index (χ4n) is 3.28. The van der Waals surface area contributed by atoms with E-state index in [0.29, 0.717) is 18.0 Å². The Kier molecular flexibility index (Phi) is 4.55. The Hall–Kier alpha value is -1.72. The van der Waals surface area contributed by atoms with Crippen LogP contribution in [-0.2, 0) is 7.05 Å². The van der Waals surface area contributed by atoms with Crippen molar-refractivity contribution in [2.24, 2.45) is 7.05 Å². The van der Waals surface area contributed by atoms with Crippen LogP contribution in [0.25, 0.3) is 0 Å². The molecule has 1 saturated heterocycles. The first-order valence-electron chi connectivity index (χ1n) is 7.78. The molecule has 1 aromatic carbocycles. The highest BCUT2D eigenvalue weighted by Crippen LogP contribution is 2.28. The number of β-amino-alcohol motifs (C(OH)–C–C–N with tert-alkyl or cyclic N) is 1. The molecular weight excluding hydrogens is 281 g/mol. The Balaban J connectivity index is 1.56. The van der Waals surface area contributed by atoms with E-state index in [1.165, 1.54) is 11.8 Å². The first-order valence-corrected chi connectivity index (χ1v) is 7.78. The molecule has 0 radical (unpaired) electrons. The van der Waals surface area contributed by atoms with E-state index in [2.05, 4.69) is 16.1 Å². The van der Waals surface area contributed by atoms with Gasteiger partial charge in [-0.15, -0.1) is 0 Å². The molecule has 1 aliphatic rings. The monoisotopic (exact) mass is 303 g/mol. The second-order valence-corrected chi connectivity index (χ2v) is 5.99. The van der Waals surface area contributed by atoms with Gasteiger partial charge in [-0.05, 0) is 38.1 Å². The topological polar surface area (TPSA) is 41.3 Å². The molecule has 0 spiro atoms. The van der Waals surface area contributed by atoms with Crippen molar-refractivity contribution in [2.45, 2.75) is 24.9 Å². The number of piperidine rings is 1. The van der Waals surface area contributed by atoms with Gasteiger partial charge in [0.1, 0.15) is 5.82 Å². The van der Waals surface area contributed by atoms with Gasteiger partial charge in [0.2, 0.25) is 0 Å². The van der Waals surface area contributed by atoms with Gasteiger partial charge in [-0.3, -0.25) is 4.68 Å². The third-order valence-corrected chi connectivity index (χ3v) is 4.56. The quantitative estimate of drug-likeness (QED) is 0.943. The summed E-state index contributed by atoms with van der Waals surface area (Å²) in [6.07, 6.45) is 3.16. The first-order chi connectivity index (χ1) is 10.6. The second-order valence-electron chi connectivity index (χ2n) is 5.99. The molecule has 2 aromatic rings. The molecule has 0 aliphatic carbocycles. The van der Waals surface area contributed by atoms with Crippen molar-refractivity contribution >= 4 is 0 Å². The lowest BCUT2D eigenvalue weighted by Gasteiger charge is -2.33. The minimum Gasteiger partial charge on any atom is -0.387 e. The second kappa shape index (κ2) is 6.58. The van der Waals surface area contributed by atoms with Gasteiger partial charge in [0.05, 0.1) is 6.10 Å². The highest BCUT2D eigenvalue weighted by Gasteiger charge is 2.24. The number of aromatic nitrogens is 2. The normalized spacial score (nSPS) is 18.5. The fourth-order valence-corrected chi connectivity index (χ4v) is 3.28. The molecule has 0 amide bonds. The SMILES string of the molecule is Cn1nccc1C1CCN(C[C@@H](O)c2ccccc2F)CC1. The zero-order chi connectivity index (χ0) is 15.5. The molecule has 1 N–H and O–H groups in total. The van der Waals surface area contributed by atoms with Gasteiger partial charge in [-0.25, -0.2) is 4.39 Å². The molecule has 4 nitrogen and oxygen atoms in total. The number of hydrogen-bond acceptors (Lipinski definition) is 3. The lowest BCUT2D eigenvalue weighted by Crippen LogP contribution is -2.36. The van der Waals surface area contributed by atoms with Crippen molar-refractivity contribution in [1.29, 1.82) is 0 Å². The number of aliphatic hydroxyl groups is 1. The first kappa shape index (κ1) is 15.2. The zero-order valence-electron chi connectivity index (χ0n) is 12.8. The average molecular weight is 303 g/mol. The molecule has 22 heavy (non-hydrogen) atoms. The zero-order valence-corrected chi connectivity index (χ0v) is 12.8. The standard InChI is InChI=1S/C17H22FN3O/c1-20-16(6-9-19-20)13-7-10-21(11-8-13)12-17(22)14-4-2-3-5-15(14)18/h2-6,9,13,17,22H,7-8,10-12H2,1H3/t17-/m1/s1. The van der Waals surface area contributed by atoms with Gasteiger partial charge >= 0.3 is 0 Å². The predicted octanol–water partition coefficient (Wildman–Crippen LogP) is 2.47. The van der Waals surface area contributed by atoms with Gasteiger partial charge < -0.3 is 10.0 Å². The van der Waals surface area contributed by atoms with E-state index in [1.54, 1.807) is 18.2 Å². The van der Waals surface area contributed by atoms with Crippen molar-refractivity contribution in [3.63, 3.8) is 0 Å². The molecule has 0 bridgehead atoms. The molecule has 3 rings (SSSR count). The lowest BCUT2D eigenvalue weighted by atomic mass is 9.93. The lowest BCUT2D eigenvalue weighted by molar-refractivity contribution is 0.0941. The highest BCUT2D eigenvalue weighted by molar-refractivity contribution is 5.20. The summed E-state index contributed by atoms with van der Waals surface area (Å²) in [6.45, 7) is 2.32. The van der Waals surface area contributed by atoms with Gasteiger partial charge in [-0.2, -0.15) is 5.10 Å². The fraction of sp³-hybridized carbons (Fsp3) is 0.471. The minimum absolute atomic E-state index is 0.334. The number of halogens is 1. The summed E-state index contributed by atoms with van der Waals surface area (Å²) >= 11 is 0. The van der Waals surface area contributed by atoms with Gasteiger partial charge in [0, 0.05) is 37.0 Å². The van der Waals surface area contributed by atoms with Gasteiger partial charge in [0.15, 0.2) is 0 Å². The molecular formula is C17H22FN3O. The number of rotatable bonds is 4. The van der Waals surface area contributed by atoms with Crippen LogP contribution in [0.5, 0.6) is 0 Å². The molecule has 5 heteroatoms. The molecule has 1 aliphatic heterocycles. The summed E-state index contributed by atoms with van der Waals surface area (Å²) in [5.41, 5.74) is 1.66. The van der Waals surface area contributed by atoms with Crippen molar-refractivity contribution in [3.05, 3.63) is 53.6 Å². The average Bonchev–Trinajstić information content (AvgIpc) is 2.94. The summed E-state index contributed by atoms with van der Waals surface area (Å²) in [7, 11) is 1.98. The van der Waals surface area contributed by atoms with Crippen molar-refractivity contribution in [2.75, 3.05) is 19.6 Å². The molecule has 1 atom stereocenters. The van der Waals surface area contributed by atoms with Crippen molar-refractivity contribution in [1.82, 2.24) is 14.7 Å². The van der Waals surface area contributed by atoms with Crippen LogP contribution in [0.15, 0.2) is 36.5 Å². The van der Waals surface area contributed by atoms with Crippen molar-refractivity contribution < 1.29 is 9.50 Å². The molecule has 0 unspecified atom stereocenters. The maximum atomic E-state index is 13.7. The largest absolute Gasteiger partial charge is 0.387 e. The predicted molar refractivity (Wildman–Crippen MR) is 83.0 cm³/mol. The van der Waals surface area contributed by atoms with E-state index in [0.717, 1.165) is 25.9 Å². The van der Waals surface area contributed by atoms with E-state index < -0.39 is 6.10 Å².